The van der Waals surface area contributed by atoms with Gasteiger partial charge < -0.3 is 15.6 Å². The summed E-state index contributed by atoms with van der Waals surface area (Å²) in [6, 6.07) is 3.87. The minimum atomic E-state index is -0.167. The number of nitrogen functional groups attached to an aromatic ring is 1. The average Bonchev–Trinajstić information content (AvgIpc) is 2.36. The van der Waals surface area contributed by atoms with Crippen LogP contribution in [0.25, 0.3) is 10.9 Å². The molecule has 20 heavy (non-hydrogen) atoms. The van der Waals surface area contributed by atoms with E-state index in [2.05, 4.69) is 42.6 Å². The van der Waals surface area contributed by atoms with Crippen molar-refractivity contribution < 1.29 is 0 Å². The second-order valence-corrected chi connectivity index (χ2v) is 6.31. The van der Waals surface area contributed by atoms with Gasteiger partial charge in [0.15, 0.2) is 0 Å². The number of nitrogens with one attached hydrogen (secondary N) is 1. The van der Waals surface area contributed by atoms with Gasteiger partial charge in [-0.15, -0.1) is 0 Å². The summed E-state index contributed by atoms with van der Waals surface area (Å²) in [5, 5.41) is 0.519. The molecule has 1 atom stereocenters. The van der Waals surface area contributed by atoms with Gasteiger partial charge in [-0.1, -0.05) is 20.8 Å². The third kappa shape index (κ3) is 2.48. The van der Waals surface area contributed by atoms with Crippen molar-refractivity contribution in [3.8, 4) is 0 Å². The van der Waals surface area contributed by atoms with Crippen molar-refractivity contribution in [1.29, 1.82) is 0 Å². The molecule has 0 fully saturated rings. The molecule has 0 amide bonds. The highest BCUT2D eigenvalue weighted by Gasteiger charge is 2.25. The molecule has 1 aromatic heterocycles. The fraction of sp³-hybridized carbons (Fsp3) is 0.467. The van der Waals surface area contributed by atoms with Gasteiger partial charge in [-0.3, -0.25) is 4.79 Å². The third-order valence-electron chi connectivity index (χ3n) is 4.00. The molecule has 108 valence electrons. The number of rotatable bonds is 2. The standard InChI is InChI=1S/C15H22N4O/c1-9(15(2,3)4)19(5)13-7-12-10(6-11(13)16)14(20)18-8-17-12/h6-9H,16H2,1-5H3,(H,17,18,20). The molecule has 1 heterocycles. The number of aromatic nitrogens is 2. The second-order valence-electron chi connectivity index (χ2n) is 6.31. The Morgan fingerprint density at radius 1 is 1.35 bits per heavy atom. The fourth-order valence-corrected chi connectivity index (χ4v) is 2.22. The lowest BCUT2D eigenvalue weighted by molar-refractivity contribution is 0.330. The highest BCUT2D eigenvalue weighted by molar-refractivity contribution is 5.88. The Morgan fingerprint density at radius 2 is 2.00 bits per heavy atom. The van der Waals surface area contributed by atoms with E-state index in [-0.39, 0.29) is 11.0 Å². The molecular formula is C15H22N4O. The lowest BCUT2D eigenvalue weighted by Crippen LogP contribution is -2.39. The van der Waals surface area contributed by atoms with Crippen LogP contribution < -0.4 is 16.2 Å². The number of H-pyrrole nitrogens is 1. The van der Waals surface area contributed by atoms with E-state index in [1.165, 1.54) is 6.33 Å². The Morgan fingerprint density at radius 3 is 2.60 bits per heavy atom. The third-order valence-corrected chi connectivity index (χ3v) is 4.00. The predicted octanol–water partition coefficient (Wildman–Crippen LogP) is 2.38. The fourth-order valence-electron chi connectivity index (χ4n) is 2.22. The minimum absolute atomic E-state index is 0.123. The van der Waals surface area contributed by atoms with E-state index in [0.717, 1.165) is 5.69 Å². The Kier molecular flexibility index (Phi) is 3.46. The van der Waals surface area contributed by atoms with E-state index in [9.17, 15) is 4.79 Å². The van der Waals surface area contributed by atoms with E-state index < -0.39 is 0 Å². The average molecular weight is 274 g/mol. The van der Waals surface area contributed by atoms with Crippen LogP contribution in [0.1, 0.15) is 27.7 Å². The SMILES string of the molecule is CC(N(C)c1cc2nc[nH]c(=O)c2cc1N)C(C)(C)C. The summed E-state index contributed by atoms with van der Waals surface area (Å²) in [4.78, 5) is 20.6. The first-order valence-corrected chi connectivity index (χ1v) is 6.71. The molecular weight excluding hydrogens is 252 g/mol. The summed E-state index contributed by atoms with van der Waals surface area (Å²) < 4.78 is 0. The zero-order chi connectivity index (χ0) is 15.1. The van der Waals surface area contributed by atoms with Gasteiger partial charge >= 0.3 is 0 Å². The number of benzene rings is 1. The molecule has 0 saturated heterocycles. The molecule has 1 aromatic carbocycles. The van der Waals surface area contributed by atoms with Crippen LogP contribution in [0.4, 0.5) is 11.4 Å². The number of fused-ring (bicyclic) bond motifs is 1. The van der Waals surface area contributed by atoms with E-state index in [1.54, 1.807) is 6.07 Å². The van der Waals surface area contributed by atoms with Crippen LogP contribution in [0, 0.1) is 5.41 Å². The molecule has 0 radical (unpaired) electrons. The highest BCUT2D eigenvalue weighted by Crippen LogP contribution is 2.32. The Labute approximate surface area is 118 Å². The maximum Gasteiger partial charge on any atom is 0.258 e. The number of aromatic amines is 1. The normalized spacial score (nSPS) is 13.4. The monoisotopic (exact) mass is 274 g/mol. The maximum absolute atomic E-state index is 11.7. The van der Waals surface area contributed by atoms with Gasteiger partial charge in [0.05, 0.1) is 28.6 Å². The molecule has 5 nitrogen and oxygen atoms in total. The van der Waals surface area contributed by atoms with Crippen molar-refractivity contribution >= 4 is 22.3 Å². The number of hydrogen-bond acceptors (Lipinski definition) is 4. The van der Waals surface area contributed by atoms with Crippen LogP contribution in [0.2, 0.25) is 0 Å². The van der Waals surface area contributed by atoms with Gasteiger partial charge in [0.1, 0.15) is 0 Å². The Hall–Kier alpha value is -2.04. The van der Waals surface area contributed by atoms with Crippen LogP contribution in [0.15, 0.2) is 23.3 Å². The van der Waals surface area contributed by atoms with Gasteiger partial charge in [-0.25, -0.2) is 4.98 Å². The largest absolute Gasteiger partial charge is 0.397 e. The van der Waals surface area contributed by atoms with Crippen molar-refractivity contribution in [2.24, 2.45) is 5.41 Å². The first-order valence-electron chi connectivity index (χ1n) is 6.71. The van der Waals surface area contributed by atoms with E-state index in [1.807, 2.05) is 13.1 Å². The first-order chi connectivity index (χ1) is 9.21. The van der Waals surface area contributed by atoms with E-state index in [0.29, 0.717) is 22.6 Å². The van der Waals surface area contributed by atoms with Gasteiger partial charge in [-0.05, 0) is 24.5 Å². The lowest BCUT2D eigenvalue weighted by Gasteiger charge is -2.37. The van der Waals surface area contributed by atoms with E-state index in [4.69, 9.17) is 5.73 Å². The van der Waals surface area contributed by atoms with Crippen LogP contribution >= 0.6 is 0 Å². The van der Waals surface area contributed by atoms with Crippen molar-refractivity contribution in [2.45, 2.75) is 33.7 Å². The molecule has 0 spiro atoms. The number of anilines is 2. The van der Waals surface area contributed by atoms with Crippen LogP contribution in [0.5, 0.6) is 0 Å². The topological polar surface area (TPSA) is 75.0 Å². The van der Waals surface area contributed by atoms with Gasteiger partial charge in [-0.2, -0.15) is 0 Å². The zero-order valence-corrected chi connectivity index (χ0v) is 12.7. The van der Waals surface area contributed by atoms with Gasteiger partial charge in [0, 0.05) is 13.1 Å². The van der Waals surface area contributed by atoms with E-state index >= 15 is 0 Å². The molecule has 0 aliphatic carbocycles. The molecule has 5 heteroatoms. The smallest absolute Gasteiger partial charge is 0.258 e. The molecule has 2 aromatic rings. The molecule has 2 rings (SSSR count). The molecule has 1 unspecified atom stereocenters. The number of nitrogens with zero attached hydrogens (tertiary/aromatic N) is 2. The van der Waals surface area contributed by atoms with Crippen molar-refractivity contribution in [2.75, 3.05) is 17.7 Å². The summed E-state index contributed by atoms with van der Waals surface area (Å²) in [5.41, 5.74) is 8.22. The molecule has 0 saturated carbocycles. The van der Waals surface area contributed by atoms with Crippen molar-refractivity contribution in [1.82, 2.24) is 9.97 Å². The quantitative estimate of drug-likeness (QED) is 0.824. The van der Waals surface area contributed by atoms with Crippen LogP contribution in [-0.2, 0) is 0 Å². The summed E-state index contributed by atoms with van der Waals surface area (Å²) >= 11 is 0. The molecule has 3 N–H and O–H groups in total. The second kappa shape index (κ2) is 4.81. The van der Waals surface area contributed by atoms with Gasteiger partial charge in [0.25, 0.3) is 5.56 Å². The molecule has 0 bridgehead atoms. The summed E-state index contributed by atoms with van der Waals surface area (Å²) in [5.74, 6) is 0. The van der Waals surface area contributed by atoms with Gasteiger partial charge in [0.2, 0.25) is 0 Å². The summed E-state index contributed by atoms with van der Waals surface area (Å²) in [7, 11) is 2.01. The summed E-state index contributed by atoms with van der Waals surface area (Å²) in [6.07, 6.45) is 1.41. The minimum Gasteiger partial charge on any atom is -0.397 e. The summed E-state index contributed by atoms with van der Waals surface area (Å²) in [6.45, 7) is 8.73. The van der Waals surface area contributed by atoms with Crippen molar-refractivity contribution in [3.63, 3.8) is 0 Å². The molecule has 0 aliphatic heterocycles. The maximum atomic E-state index is 11.7. The van der Waals surface area contributed by atoms with Crippen molar-refractivity contribution in [3.05, 3.63) is 28.8 Å². The number of hydrogen-bond donors (Lipinski definition) is 2. The predicted molar refractivity (Wildman–Crippen MR) is 84.1 cm³/mol. The Bertz CT molecular complexity index is 684. The Balaban J connectivity index is 2.55. The lowest BCUT2D eigenvalue weighted by atomic mass is 9.87. The zero-order valence-electron chi connectivity index (χ0n) is 12.7. The van der Waals surface area contributed by atoms with Crippen LogP contribution in [-0.4, -0.2) is 23.1 Å². The van der Waals surface area contributed by atoms with Crippen LogP contribution in [0.3, 0.4) is 0 Å². The molecule has 0 aliphatic rings. The highest BCUT2D eigenvalue weighted by atomic mass is 16.1. The number of nitrogens with two attached hydrogens (primary N) is 1. The first kappa shape index (κ1) is 14.4.